The highest BCUT2D eigenvalue weighted by Crippen LogP contribution is 2.09. The zero-order chi connectivity index (χ0) is 15.5. The van der Waals surface area contributed by atoms with Crippen molar-refractivity contribution in [3.8, 4) is 0 Å². The van der Waals surface area contributed by atoms with Gasteiger partial charge in [0.05, 0.1) is 0 Å². The maximum absolute atomic E-state index is 11.2. The van der Waals surface area contributed by atoms with Crippen LogP contribution in [0.1, 0.15) is 32.1 Å². The average molecular weight is 290 g/mol. The van der Waals surface area contributed by atoms with E-state index in [1.165, 1.54) is 0 Å². The predicted molar refractivity (Wildman–Crippen MR) is 70.4 cm³/mol. The summed E-state index contributed by atoms with van der Waals surface area (Å²) in [5, 5.41) is 26.3. The molecule has 0 heterocycles. The van der Waals surface area contributed by atoms with E-state index < -0.39 is 23.9 Å². The van der Waals surface area contributed by atoms with Crippen LogP contribution in [-0.2, 0) is 14.4 Å². The minimum atomic E-state index is -1.03. The molecule has 0 aromatic rings. The SMILES string of the molecule is NCCC(C(=O)O)N(CCCC(=O)O)CCCC(=O)O. The largest absolute Gasteiger partial charge is 0.481 e. The smallest absolute Gasteiger partial charge is 0.320 e. The monoisotopic (exact) mass is 290 g/mol. The van der Waals surface area contributed by atoms with Gasteiger partial charge in [0.2, 0.25) is 0 Å². The molecular formula is C12H22N2O6. The highest BCUT2D eigenvalue weighted by Gasteiger charge is 2.24. The molecule has 0 radical (unpaired) electrons. The Morgan fingerprint density at radius 3 is 1.70 bits per heavy atom. The van der Waals surface area contributed by atoms with E-state index in [1.54, 1.807) is 4.90 Å². The molecule has 20 heavy (non-hydrogen) atoms. The number of carbonyl (C=O) groups is 3. The van der Waals surface area contributed by atoms with Crippen LogP contribution < -0.4 is 5.73 Å². The normalized spacial score (nSPS) is 12.3. The summed E-state index contributed by atoms with van der Waals surface area (Å²) in [6, 6.07) is -0.803. The van der Waals surface area contributed by atoms with Crippen LogP contribution in [0.25, 0.3) is 0 Å². The number of nitrogens with two attached hydrogens (primary N) is 1. The maximum atomic E-state index is 11.2. The summed E-state index contributed by atoms with van der Waals surface area (Å²) < 4.78 is 0. The Morgan fingerprint density at radius 1 is 0.950 bits per heavy atom. The van der Waals surface area contributed by atoms with Crippen molar-refractivity contribution in [3.05, 3.63) is 0 Å². The second kappa shape index (κ2) is 10.2. The standard InChI is InChI=1S/C12H22N2O6/c13-6-5-9(12(19)20)14(7-1-3-10(15)16)8-2-4-11(17)18/h9H,1-8,13H2,(H,15,16)(H,17,18)(H,19,20). The van der Waals surface area contributed by atoms with Gasteiger partial charge in [0.15, 0.2) is 0 Å². The number of hydrogen-bond acceptors (Lipinski definition) is 5. The first-order valence-electron chi connectivity index (χ1n) is 6.49. The lowest BCUT2D eigenvalue weighted by atomic mass is 10.1. The van der Waals surface area contributed by atoms with Crippen LogP contribution in [0.2, 0.25) is 0 Å². The van der Waals surface area contributed by atoms with Gasteiger partial charge in [-0.05, 0) is 38.9 Å². The minimum absolute atomic E-state index is 0.0512. The molecule has 0 aromatic carbocycles. The Labute approximate surface area is 117 Å². The molecule has 0 aromatic heterocycles. The average Bonchev–Trinajstić information content (AvgIpc) is 2.33. The Bertz CT molecular complexity index is 314. The first-order chi connectivity index (χ1) is 9.38. The van der Waals surface area contributed by atoms with Crippen molar-refractivity contribution in [1.82, 2.24) is 4.90 Å². The lowest BCUT2D eigenvalue weighted by molar-refractivity contribution is -0.143. The van der Waals surface area contributed by atoms with E-state index in [9.17, 15) is 14.4 Å². The number of aliphatic carboxylic acids is 3. The molecule has 8 nitrogen and oxygen atoms in total. The maximum Gasteiger partial charge on any atom is 0.320 e. The van der Waals surface area contributed by atoms with Crippen molar-refractivity contribution in [1.29, 1.82) is 0 Å². The summed E-state index contributed by atoms with van der Waals surface area (Å²) in [5.41, 5.74) is 5.38. The van der Waals surface area contributed by atoms with Crippen molar-refractivity contribution in [2.24, 2.45) is 5.73 Å². The Balaban J connectivity index is 4.51. The number of carboxylic acid groups (broad SMARTS) is 3. The molecule has 8 heteroatoms. The fraction of sp³-hybridized carbons (Fsp3) is 0.750. The van der Waals surface area contributed by atoms with Crippen LogP contribution >= 0.6 is 0 Å². The third-order valence-electron chi connectivity index (χ3n) is 2.84. The first-order valence-corrected chi connectivity index (χ1v) is 6.49. The van der Waals surface area contributed by atoms with Gasteiger partial charge in [-0.2, -0.15) is 0 Å². The van der Waals surface area contributed by atoms with Crippen LogP contribution in [0.5, 0.6) is 0 Å². The summed E-state index contributed by atoms with van der Waals surface area (Å²) >= 11 is 0. The van der Waals surface area contributed by atoms with Gasteiger partial charge in [-0.3, -0.25) is 19.3 Å². The summed E-state index contributed by atoms with van der Waals surface area (Å²) in [7, 11) is 0. The predicted octanol–water partition coefficient (Wildman–Crippen LogP) is -0.180. The lowest BCUT2D eigenvalue weighted by Crippen LogP contribution is -2.43. The Kier molecular flexibility index (Phi) is 9.31. The van der Waals surface area contributed by atoms with E-state index >= 15 is 0 Å². The van der Waals surface area contributed by atoms with Crippen LogP contribution in [0.3, 0.4) is 0 Å². The third kappa shape index (κ3) is 8.44. The molecule has 0 aliphatic carbocycles. The molecule has 0 aliphatic rings. The summed E-state index contributed by atoms with van der Waals surface area (Å²) in [5.74, 6) is -2.91. The molecular weight excluding hydrogens is 268 g/mol. The zero-order valence-corrected chi connectivity index (χ0v) is 11.3. The van der Waals surface area contributed by atoms with Crippen molar-refractivity contribution in [2.75, 3.05) is 19.6 Å². The topological polar surface area (TPSA) is 141 Å². The molecule has 0 aliphatic heterocycles. The van der Waals surface area contributed by atoms with Gasteiger partial charge in [0.1, 0.15) is 6.04 Å². The number of rotatable bonds is 12. The molecule has 0 fully saturated rings. The quantitative estimate of drug-likeness (QED) is 0.388. The van der Waals surface area contributed by atoms with Crippen molar-refractivity contribution in [3.63, 3.8) is 0 Å². The van der Waals surface area contributed by atoms with Crippen molar-refractivity contribution in [2.45, 2.75) is 38.1 Å². The molecule has 0 bridgehead atoms. The van der Waals surface area contributed by atoms with E-state index in [0.717, 1.165) is 0 Å². The van der Waals surface area contributed by atoms with E-state index in [4.69, 9.17) is 21.1 Å². The zero-order valence-electron chi connectivity index (χ0n) is 11.3. The van der Waals surface area contributed by atoms with E-state index in [1.807, 2.05) is 0 Å². The molecule has 0 spiro atoms. The number of nitrogens with zero attached hydrogens (tertiary/aromatic N) is 1. The van der Waals surface area contributed by atoms with Gasteiger partial charge >= 0.3 is 17.9 Å². The molecule has 0 saturated carbocycles. The van der Waals surface area contributed by atoms with Crippen LogP contribution in [0.4, 0.5) is 0 Å². The van der Waals surface area contributed by atoms with E-state index in [2.05, 4.69) is 0 Å². The summed E-state index contributed by atoms with van der Waals surface area (Å²) in [6.07, 6.45) is 0.776. The molecule has 0 saturated heterocycles. The van der Waals surface area contributed by atoms with Gasteiger partial charge < -0.3 is 21.1 Å². The molecule has 1 atom stereocenters. The Hall–Kier alpha value is -1.67. The molecule has 0 amide bonds. The molecule has 5 N–H and O–H groups in total. The van der Waals surface area contributed by atoms with Gasteiger partial charge in [-0.15, -0.1) is 0 Å². The highest BCUT2D eigenvalue weighted by atomic mass is 16.4. The number of hydrogen-bond donors (Lipinski definition) is 4. The number of carboxylic acids is 3. The fourth-order valence-corrected chi connectivity index (χ4v) is 1.91. The van der Waals surface area contributed by atoms with E-state index in [0.29, 0.717) is 25.9 Å². The van der Waals surface area contributed by atoms with Crippen molar-refractivity contribution >= 4 is 17.9 Å². The fourth-order valence-electron chi connectivity index (χ4n) is 1.91. The Morgan fingerprint density at radius 2 is 1.40 bits per heavy atom. The molecule has 1 unspecified atom stereocenters. The highest BCUT2D eigenvalue weighted by molar-refractivity contribution is 5.73. The second-order valence-electron chi connectivity index (χ2n) is 4.46. The molecule has 116 valence electrons. The van der Waals surface area contributed by atoms with Crippen LogP contribution in [0, 0.1) is 0 Å². The van der Waals surface area contributed by atoms with Gasteiger partial charge in [-0.1, -0.05) is 0 Å². The van der Waals surface area contributed by atoms with Crippen LogP contribution in [0.15, 0.2) is 0 Å². The second-order valence-corrected chi connectivity index (χ2v) is 4.46. The third-order valence-corrected chi connectivity index (χ3v) is 2.84. The molecule has 0 rings (SSSR count). The first kappa shape index (κ1) is 18.3. The van der Waals surface area contributed by atoms with E-state index in [-0.39, 0.29) is 25.8 Å². The van der Waals surface area contributed by atoms with Gasteiger partial charge in [0, 0.05) is 12.8 Å². The van der Waals surface area contributed by atoms with Gasteiger partial charge in [-0.25, -0.2) is 0 Å². The van der Waals surface area contributed by atoms with Gasteiger partial charge in [0.25, 0.3) is 0 Å². The summed E-state index contributed by atoms with van der Waals surface area (Å²) in [4.78, 5) is 33.8. The minimum Gasteiger partial charge on any atom is -0.481 e. The van der Waals surface area contributed by atoms with Crippen molar-refractivity contribution < 1.29 is 29.7 Å². The lowest BCUT2D eigenvalue weighted by Gasteiger charge is -2.28. The summed E-state index contributed by atoms with van der Waals surface area (Å²) in [6.45, 7) is 0.789. The van der Waals surface area contributed by atoms with Crippen LogP contribution in [-0.4, -0.2) is 63.8 Å².